The molecule has 0 radical (unpaired) electrons. The highest BCUT2D eigenvalue weighted by Gasteiger charge is 2.24. The fourth-order valence-corrected chi connectivity index (χ4v) is 2.00. The molecule has 0 saturated carbocycles. The highest BCUT2D eigenvalue weighted by atomic mass is 16.3. The van der Waals surface area contributed by atoms with E-state index in [9.17, 15) is 9.90 Å². The summed E-state index contributed by atoms with van der Waals surface area (Å²) in [6.07, 6.45) is 1.49. The van der Waals surface area contributed by atoms with E-state index in [1.807, 2.05) is 6.07 Å². The van der Waals surface area contributed by atoms with Gasteiger partial charge < -0.3 is 9.90 Å². The summed E-state index contributed by atoms with van der Waals surface area (Å²) >= 11 is 0. The summed E-state index contributed by atoms with van der Waals surface area (Å²) in [5.41, 5.74) is -0.653. The van der Waals surface area contributed by atoms with E-state index in [1.54, 1.807) is 48.7 Å². The number of aromatic nitrogens is 1. The molecule has 0 aliphatic heterocycles. The molecule has 1 aromatic heterocycles. The van der Waals surface area contributed by atoms with Crippen molar-refractivity contribution in [2.24, 2.45) is 0 Å². The van der Waals surface area contributed by atoms with Crippen molar-refractivity contribution in [2.75, 3.05) is 0 Å². The van der Waals surface area contributed by atoms with E-state index in [2.05, 4.69) is 4.98 Å². The third kappa shape index (κ3) is 2.46. The summed E-state index contributed by atoms with van der Waals surface area (Å²) in [6, 6.07) is 14.1. The normalized spacial score (nSPS) is 13.9. The molecular weight excluding hydrogens is 226 g/mol. The van der Waals surface area contributed by atoms with Crippen LogP contribution in [0, 0.1) is 0 Å². The maximum Gasteiger partial charge on any atom is 0.129 e. The number of nitrogens with zero attached hydrogens (tertiary/aromatic N) is 1. The van der Waals surface area contributed by atoms with Crippen molar-refractivity contribution in [3.8, 4) is 0 Å². The zero-order valence-electron chi connectivity index (χ0n) is 10.2. The lowest BCUT2D eigenvalue weighted by Gasteiger charge is -2.40. The maximum atomic E-state index is 13.0. The minimum atomic E-state index is -1.60. The maximum absolute atomic E-state index is 13.0. The van der Waals surface area contributed by atoms with Gasteiger partial charge in [0.15, 0.2) is 0 Å². The molecule has 0 aliphatic rings. The first kappa shape index (κ1) is 12.5. The fourth-order valence-electron chi connectivity index (χ4n) is 2.00. The summed E-state index contributed by atoms with van der Waals surface area (Å²) in [5, 5.41) is 13.0. The van der Waals surface area contributed by atoms with Crippen molar-refractivity contribution in [1.82, 2.24) is 4.98 Å². The predicted octanol–water partition coefficient (Wildman–Crippen LogP) is 1.66. The molecule has 0 N–H and O–H groups in total. The predicted molar refractivity (Wildman–Crippen MR) is 66.8 cm³/mol. The van der Waals surface area contributed by atoms with Crippen LogP contribution in [0.4, 0.5) is 0 Å². The van der Waals surface area contributed by atoms with Gasteiger partial charge in [0.1, 0.15) is 5.78 Å². The van der Waals surface area contributed by atoms with E-state index in [4.69, 9.17) is 0 Å². The van der Waals surface area contributed by atoms with Crippen LogP contribution in [-0.4, -0.2) is 10.8 Å². The zero-order valence-corrected chi connectivity index (χ0v) is 10.2. The molecule has 1 atom stereocenters. The van der Waals surface area contributed by atoms with Crippen LogP contribution in [0.1, 0.15) is 24.6 Å². The molecule has 3 nitrogen and oxygen atoms in total. The number of benzene rings is 1. The SMILES string of the molecule is CC(=O)CC([O-])(c1ccccc1)c1ccccn1. The fraction of sp³-hybridized carbons (Fsp3) is 0.200. The lowest BCUT2D eigenvalue weighted by molar-refractivity contribution is -0.471. The van der Waals surface area contributed by atoms with Crippen LogP contribution in [0.5, 0.6) is 0 Å². The molecule has 0 saturated heterocycles. The Morgan fingerprint density at radius 2 is 1.83 bits per heavy atom. The van der Waals surface area contributed by atoms with Crippen LogP contribution >= 0.6 is 0 Å². The molecule has 18 heavy (non-hydrogen) atoms. The van der Waals surface area contributed by atoms with Gasteiger partial charge in [-0.05, 0) is 24.7 Å². The van der Waals surface area contributed by atoms with Crippen molar-refractivity contribution in [2.45, 2.75) is 18.9 Å². The van der Waals surface area contributed by atoms with Gasteiger partial charge in [0, 0.05) is 18.3 Å². The molecule has 2 aromatic rings. The van der Waals surface area contributed by atoms with Crippen LogP contribution in [0.25, 0.3) is 0 Å². The van der Waals surface area contributed by atoms with E-state index in [0.717, 1.165) is 0 Å². The highest BCUT2D eigenvalue weighted by molar-refractivity contribution is 5.77. The average Bonchev–Trinajstić information content (AvgIpc) is 2.40. The van der Waals surface area contributed by atoms with Crippen LogP contribution in [0.3, 0.4) is 0 Å². The smallest absolute Gasteiger partial charge is 0.129 e. The Morgan fingerprint density at radius 3 is 2.39 bits per heavy atom. The zero-order chi connectivity index (χ0) is 13.0. The first-order valence-electron chi connectivity index (χ1n) is 5.80. The minimum absolute atomic E-state index is 0.0893. The third-order valence-electron chi connectivity index (χ3n) is 2.82. The highest BCUT2D eigenvalue weighted by Crippen LogP contribution is 2.28. The summed E-state index contributed by atoms with van der Waals surface area (Å²) in [4.78, 5) is 15.5. The number of carbonyl (C=O) groups is 1. The van der Waals surface area contributed by atoms with E-state index in [-0.39, 0.29) is 12.2 Å². The van der Waals surface area contributed by atoms with Crippen molar-refractivity contribution in [3.63, 3.8) is 0 Å². The van der Waals surface area contributed by atoms with Crippen LogP contribution in [0.2, 0.25) is 0 Å². The van der Waals surface area contributed by atoms with Gasteiger partial charge in [0.05, 0.1) is 0 Å². The monoisotopic (exact) mass is 240 g/mol. The first-order chi connectivity index (χ1) is 8.63. The standard InChI is InChI=1S/C15H14NO2/c1-12(17)11-15(18,13-7-3-2-4-8-13)14-9-5-6-10-16-14/h2-10H,11H2,1H3/q-1. The largest absolute Gasteiger partial charge is 0.841 e. The van der Waals surface area contributed by atoms with Crippen LogP contribution in [-0.2, 0) is 10.4 Å². The summed E-state index contributed by atoms with van der Waals surface area (Å²) in [5.74, 6) is -0.139. The third-order valence-corrected chi connectivity index (χ3v) is 2.82. The van der Waals surface area contributed by atoms with Gasteiger partial charge in [-0.25, -0.2) is 0 Å². The molecular formula is C15H14NO2-. The lowest BCUT2D eigenvalue weighted by Crippen LogP contribution is -2.44. The van der Waals surface area contributed by atoms with Crippen LogP contribution in [0.15, 0.2) is 54.7 Å². The van der Waals surface area contributed by atoms with Crippen molar-refractivity contribution < 1.29 is 9.90 Å². The van der Waals surface area contributed by atoms with Crippen molar-refractivity contribution in [1.29, 1.82) is 0 Å². The van der Waals surface area contributed by atoms with E-state index < -0.39 is 5.60 Å². The number of Topliss-reactive ketones (excluding diaryl/α,β-unsaturated/α-hetero) is 1. The van der Waals surface area contributed by atoms with Gasteiger partial charge >= 0.3 is 0 Å². The van der Waals surface area contributed by atoms with Crippen molar-refractivity contribution >= 4 is 5.78 Å². The average molecular weight is 240 g/mol. The summed E-state index contributed by atoms with van der Waals surface area (Å²) < 4.78 is 0. The quantitative estimate of drug-likeness (QED) is 0.816. The van der Waals surface area contributed by atoms with E-state index >= 15 is 0 Å². The number of ketones is 1. The Labute approximate surface area is 106 Å². The summed E-state index contributed by atoms with van der Waals surface area (Å²) in [7, 11) is 0. The molecule has 0 spiro atoms. The Hall–Kier alpha value is -2.00. The summed E-state index contributed by atoms with van der Waals surface area (Å²) in [6.45, 7) is 1.43. The van der Waals surface area contributed by atoms with Gasteiger partial charge in [-0.3, -0.25) is 4.98 Å². The molecule has 2 rings (SSSR count). The number of hydrogen-bond acceptors (Lipinski definition) is 3. The molecule has 0 fully saturated rings. The number of pyridine rings is 1. The molecule has 92 valence electrons. The van der Waals surface area contributed by atoms with Gasteiger partial charge in [-0.1, -0.05) is 42.0 Å². The second kappa shape index (κ2) is 5.10. The molecule has 1 unspecified atom stereocenters. The van der Waals surface area contributed by atoms with Gasteiger partial charge in [0.2, 0.25) is 0 Å². The van der Waals surface area contributed by atoms with Crippen molar-refractivity contribution in [3.05, 3.63) is 66.0 Å². The number of hydrogen-bond donors (Lipinski definition) is 0. The molecule has 1 aromatic carbocycles. The van der Waals surface area contributed by atoms with Gasteiger partial charge in [0.25, 0.3) is 0 Å². The van der Waals surface area contributed by atoms with Crippen LogP contribution < -0.4 is 5.11 Å². The lowest BCUT2D eigenvalue weighted by atomic mass is 9.85. The van der Waals surface area contributed by atoms with Gasteiger partial charge in [-0.2, -0.15) is 0 Å². The minimum Gasteiger partial charge on any atom is -0.841 e. The topological polar surface area (TPSA) is 53.0 Å². The Bertz CT molecular complexity index is 483. The van der Waals surface area contributed by atoms with E-state index in [0.29, 0.717) is 11.3 Å². The second-order valence-electron chi connectivity index (χ2n) is 4.29. The second-order valence-corrected chi connectivity index (χ2v) is 4.29. The van der Waals surface area contributed by atoms with Gasteiger partial charge in [-0.15, -0.1) is 0 Å². The Morgan fingerprint density at radius 1 is 1.17 bits per heavy atom. The number of rotatable bonds is 4. The molecule has 1 heterocycles. The molecule has 3 heteroatoms. The molecule has 0 aliphatic carbocycles. The number of carbonyl (C=O) groups excluding carboxylic acids is 1. The first-order valence-corrected chi connectivity index (χ1v) is 5.80. The Kier molecular flexibility index (Phi) is 3.53. The molecule has 0 bridgehead atoms. The molecule has 0 amide bonds. The Balaban J connectivity index is 2.51. The van der Waals surface area contributed by atoms with E-state index in [1.165, 1.54) is 6.92 Å².